The van der Waals surface area contributed by atoms with Crippen molar-refractivity contribution in [2.75, 3.05) is 13.2 Å². The summed E-state index contributed by atoms with van der Waals surface area (Å²) in [5.41, 5.74) is 0. The Balaban J connectivity index is 4.14. The van der Waals surface area contributed by atoms with Crippen LogP contribution in [0.3, 0.4) is 0 Å². The summed E-state index contributed by atoms with van der Waals surface area (Å²) in [6.45, 7) is 6.70. The molecular formula is C72H136O6. The predicted octanol–water partition coefficient (Wildman–Crippen LogP) is 24.2. The molecule has 0 aliphatic carbocycles. The number of esters is 3. The maximum atomic E-state index is 12.9. The van der Waals surface area contributed by atoms with Crippen LogP contribution in [-0.2, 0) is 28.6 Å². The molecule has 0 radical (unpaired) electrons. The molecule has 0 saturated heterocycles. The van der Waals surface area contributed by atoms with Gasteiger partial charge in [0, 0.05) is 19.3 Å². The molecule has 6 nitrogen and oxygen atoms in total. The molecule has 0 aromatic carbocycles. The minimum atomic E-state index is -0.767. The molecule has 0 saturated carbocycles. The van der Waals surface area contributed by atoms with Gasteiger partial charge in [0.25, 0.3) is 0 Å². The number of allylic oxidation sites excluding steroid dienone is 4. The summed E-state index contributed by atoms with van der Waals surface area (Å²) in [4.78, 5) is 38.3. The standard InChI is InChI=1S/C72H136O6/c1-4-7-10-13-16-19-22-24-26-28-30-32-34-36-38-40-42-44-46-48-50-53-56-59-62-65-71(74)77-68-69(67-76-70(73)64-61-58-55-52-21-18-15-12-9-6-3)78-72(75)66-63-60-57-54-51-49-47-45-43-41-39-37-35-33-31-29-27-25-23-20-17-14-11-8-5-2/h22,24,28,30,69H,4-21,23,25-27,29,31-68H2,1-3H3/b24-22-,30-28-. The highest BCUT2D eigenvalue weighted by Crippen LogP contribution is 2.19. The van der Waals surface area contributed by atoms with Crippen molar-refractivity contribution >= 4 is 17.9 Å². The molecule has 0 N–H and O–H groups in total. The molecule has 6 heteroatoms. The van der Waals surface area contributed by atoms with E-state index in [9.17, 15) is 14.4 Å². The van der Waals surface area contributed by atoms with Crippen LogP contribution in [0.1, 0.15) is 400 Å². The number of ether oxygens (including phenoxy) is 3. The Labute approximate surface area is 487 Å². The highest BCUT2D eigenvalue weighted by molar-refractivity contribution is 5.71. The van der Waals surface area contributed by atoms with Gasteiger partial charge in [0.05, 0.1) is 0 Å². The fourth-order valence-electron chi connectivity index (χ4n) is 10.9. The topological polar surface area (TPSA) is 78.9 Å². The van der Waals surface area contributed by atoms with Crippen LogP contribution in [0.15, 0.2) is 24.3 Å². The third-order valence-electron chi connectivity index (χ3n) is 16.2. The van der Waals surface area contributed by atoms with E-state index in [1.807, 2.05) is 0 Å². The maximum absolute atomic E-state index is 12.9. The highest BCUT2D eigenvalue weighted by Gasteiger charge is 2.19. The van der Waals surface area contributed by atoms with Gasteiger partial charge in [-0.05, 0) is 51.4 Å². The lowest BCUT2D eigenvalue weighted by molar-refractivity contribution is -0.167. The van der Waals surface area contributed by atoms with E-state index in [0.29, 0.717) is 19.3 Å². The summed E-state index contributed by atoms with van der Waals surface area (Å²) >= 11 is 0. The number of unbranched alkanes of at least 4 members (excludes halogenated alkanes) is 51. The summed E-state index contributed by atoms with van der Waals surface area (Å²) in [6, 6.07) is 0. The van der Waals surface area contributed by atoms with Crippen molar-refractivity contribution in [3.05, 3.63) is 24.3 Å². The zero-order valence-corrected chi connectivity index (χ0v) is 53.0. The first-order chi connectivity index (χ1) is 38.5. The van der Waals surface area contributed by atoms with Gasteiger partial charge in [-0.25, -0.2) is 0 Å². The molecular weight excluding hydrogens is 961 g/mol. The summed E-state index contributed by atoms with van der Waals surface area (Å²) in [5.74, 6) is -0.836. The van der Waals surface area contributed by atoms with Crippen LogP contribution in [0, 0.1) is 0 Å². The quantitative estimate of drug-likeness (QED) is 0.0261. The molecule has 0 aliphatic heterocycles. The number of carbonyl (C=O) groups is 3. The normalized spacial score (nSPS) is 12.1. The molecule has 1 unspecified atom stereocenters. The lowest BCUT2D eigenvalue weighted by atomic mass is 10.0. The molecule has 0 aliphatic rings. The molecule has 0 aromatic heterocycles. The Bertz CT molecular complexity index is 1260. The molecule has 0 spiro atoms. The van der Waals surface area contributed by atoms with Crippen molar-refractivity contribution in [2.45, 2.75) is 406 Å². The first-order valence-electron chi connectivity index (χ1n) is 35.3. The number of carbonyl (C=O) groups excluding carboxylic acids is 3. The van der Waals surface area contributed by atoms with Crippen molar-refractivity contribution in [3.63, 3.8) is 0 Å². The Kier molecular flexibility index (Phi) is 65.6. The number of hydrogen-bond donors (Lipinski definition) is 0. The predicted molar refractivity (Wildman–Crippen MR) is 340 cm³/mol. The second-order valence-electron chi connectivity index (χ2n) is 24.2. The average molecular weight is 1100 g/mol. The lowest BCUT2D eigenvalue weighted by Crippen LogP contribution is -2.30. The smallest absolute Gasteiger partial charge is 0.306 e. The molecule has 1 atom stereocenters. The van der Waals surface area contributed by atoms with Gasteiger partial charge in [0.15, 0.2) is 6.10 Å². The molecule has 0 amide bonds. The van der Waals surface area contributed by atoms with Crippen LogP contribution >= 0.6 is 0 Å². The van der Waals surface area contributed by atoms with Gasteiger partial charge in [0.1, 0.15) is 13.2 Å². The van der Waals surface area contributed by atoms with E-state index in [4.69, 9.17) is 14.2 Å². The van der Waals surface area contributed by atoms with Gasteiger partial charge in [-0.3, -0.25) is 14.4 Å². The van der Waals surface area contributed by atoms with E-state index in [2.05, 4.69) is 45.1 Å². The third kappa shape index (κ3) is 64.7. The van der Waals surface area contributed by atoms with Crippen LogP contribution in [0.5, 0.6) is 0 Å². The van der Waals surface area contributed by atoms with Crippen LogP contribution in [0.4, 0.5) is 0 Å². The molecule has 0 heterocycles. The third-order valence-corrected chi connectivity index (χ3v) is 16.2. The van der Waals surface area contributed by atoms with E-state index in [1.54, 1.807) is 0 Å². The summed E-state index contributed by atoms with van der Waals surface area (Å²) < 4.78 is 17.0. The van der Waals surface area contributed by atoms with Gasteiger partial charge in [0.2, 0.25) is 0 Å². The van der Waals surface area contributed by atoms with Gasteiger partial charge < -0.3 is 14.2 Å². The van der Waals surface area contributed by atoms with Gasteiger partial charge >= 0.3 is 17.9 Å². The number of rotatable bonds is 66. The molecule has 460 valence electrons. The lowest BCUT2D eigenvalue weighted by Gasteiger charge is -2.18. The Morgan fingerprint density at radius 3 is 0.705 bits per heavy atom. The SMILES string of the molecule is CCCCCCC/C=C\C/C=C\CCCCCCCCCCCCCCCC(=O)OCC(COC(=O)CCCCCCCCCCCC)OC(=O)CCCCCCCCCCCCCCCCCCCCCCCCCCC. The van der Waals surface area contributed by atoms with E-state index in [-0.39, 0.29) is 31.1 Å². The van der Waals surface area contributed by atoms with Crippen molar-refractivity contribution in [1.29, 1.82) is 0 Å². The summed E-state index contributed by atoms with van der Waals surface area (Å²) in [5, 5.41) is 0. The van der Waals surface area contributed by atoms with Crippen molar-refractivity contribution < 1.29 is 28.6 Å². The largest absolute Gasteiger partial charge is 0.462 e. The first kappa shape index (κ1) is 75.9. The molecule has 0 aromatic rings. The average Bonchev–Trinajstić information content (AvgIpc) is 3.44. The highest BCUT2D eigenvalue weighted by atomic mass is 16.6. The molecule has 0 bridgehead atoms. The maximum Gasteiger partial charge on any atom is 0.306 e. The minimum Gasteiger partial charge on any atom is -0.462 e. The summed E-state index contributed by atoms with van der Waals surface area (Å²) in [6.07, 6.45) is 82.2. The first-order valence-corrected chi connectivity index (χ1v) is 35.3. The minimum absolute atomic E-state index is 0.0648. The second kappa shape index (κ2) is 67.4. The van der Waals surface area contributed by atoms with Crippen LogP contribution in [0.25, 0.3) is 0 Å². The Morgan fingerprint density at radius 2 is 0.462 bits per heavy atom. The fraction of sp³-hybridized carbons (Fsp3) is 0.903. The van der Waals surface area contributed by atoms with Gasteiger partial charge in [-0.15, -0.1) is 0 Å². The fourth-order valence-corrected chi connectivity index (χ4v) is 10.9. The zero-order valence-electron chi connectivity index (χ0n) is 53.0. The van der Waals surface area contributed by atoms with E-state index < -0.39 is 6.10 Å². The van der Waals surface area contributed by atoms with Crippen LogP contribution in [-0.4, -0.2) is 37.2 Å². The van der Waals surface area contributed by atoms with Crippen molar-refractivity contribution in [3.8, 4) is 0 Å². The van der Waals surface area contributed by atoms with Crippen LogP contribution < -0.4 is 0 Å². The van der Waals surface area contributed by atoms with Crippen LogP contribution in [0.2, 0.25) is 0 Å². The second-order valence-corrected chi connectivity index (χ2v) is 24.2. The van der Waals surface area contributed by atoms with E-state index >= 15 is 0 Å². The van der Waals surface area contributed by atoms with Crippen molar-refractivity contribution in [1.82, 2.24) is 0 Å². The summed E-state index contributed by atoms with van der Waals surface area (Å²) in [7, 11) is 0. The molecule has 78 heavy (non-hydrogen) atoms. The molecule has 0 fully saturated rings. The van der Waals surface area contributed by atoms with Gasteiger partial charge in [-0.2, -0.15) is 0 Å². The van der Waals surface area contributed by atoms with E-state index in [1.165, 1.54) is 295 Å². The number of hydrogen-bond acceptors (Lipinski definition) is 6. The van der Waals surface area contributed by atoms with Crippen molar-refractivity contribution in [2.24, 2.45) is 0 Å². The molecule has 0 rings (SSSR count). The monoisotopic (exact) mass is 1100 g/mol. The van der Waals surface area contributed by atoms with E-state index in [0.717, 1.165) is 64.2 Å². The Morgan fingerprint density at radius 1 is 0.256 bits per heavy atom. The zero-order chi connectivity index (χ0) is 56.4. The Hall–Kier alpha value is -2.11. The van der Waals surface area contributed by atoms with Gasteiger partial charge in [-0.1, -0.05) is 353 Å².